The Hall–Kier alpha value is -0.860. The van der Waals surface area contributed by atoms with E-state index in [1.807, 2.05) is 0 Å². The first-order valence-electron chi connectivity index (χ1n) is 7.20. The molecule has 1 aliphatic heterocycles. The summed E-state index contributed by atoms with van der Waals surface area (Å²) in [7, 11) is 0. The van der Waals surface area contributed by atoms with E-state index in [0.29, 0.717) is 18.0 Å². The molecule has 2 rings (SSSR count). The lowest BCUT2D eigenvalue weighted by atomic mass is 9.94. The van der Waals surface area contributed by atoms with Gasteiger partial charge in [0.05, 0.1) is 6.61 Å². The summed E-state index contributed by atoms with van der Waals surface area (Å²) in [4.78, 5) is 0. The molecule has 0 radical (unpaired) electrons. The van der Waals surface area contributed by atoms with Crippen molar-refractivity contribution >= 4 is 0 Å². The lowest BCUT2D eigenvalue weighted by Crippen LogP contribution is -2.43. The zero-order valence-corrected chi connectivity index (χ0v) is 11.6. The van der Waals surface area contributed by atoms with Crippen LogP contribution in [0.15, 0.2) is 30.3 Å². The molecule has 100 valence electrons. The largest absolute Gasteiger partial charge is 0.381 e. The molecule has 0 spiro atoms. The molecule has 18 heavy (non-hydrogen) atoms. The zero-order chi connectivity index (χ0) is 12.8. The van der Waals surface area contributed by atoms with Crippen LogP contribution in [0.4, 0.5) is 0 Å². The Morgan fingerprint density at radius 2 is 2.11 bits per heavy atom. The van der Waals surface area contributed by atoms with E-state index in [0.717, 1.165) is 19.6 Å². The second-order valence-electron chi connectivity index (χ2n) is 5.37. The predicted molar refractivity (Wildman–Crippen MR) is 75.6 cm³/mol. The van der Waals surface area contributed by atoms with E-state index in [4.69, 9.17) is 4.74 Å². The van der Waals surface area contributed by atoms with Crippen molar-refractivity contribution in [3.8, 4) is 0 Å². The van der Waals surface area contributed by atoms with Gasteiger partial charge in [-0.15, -0.1) is 0 Å². The second-order valence-corrected chi connectivity index (χ2v) is 5.37. The van der Waals surface area contributed by atoms with E-state index in [-0.39, 0.29) is 0 Å². The fourth-order valence-corrected chi connectivity index (χ4v) is 2.71. The van der Waals surface area contributed by atoms with Crippen LogP contribution in [0.5, 0.6) is 0 Å². The highest BCUT2D eigenvalue weighted by Crippen LogP contribution is 2.23. The van der Waals surface area contributed by atoms with Crippen molar-refractivity contribution in [1.29, 1.82) is 0 Å². The molecule has 3 atom stereocenters. The number of hydrogen-bond donors (Lipinski definition) is 1. The molecule has 0 saturated carbocycles. The first-order valence-corrected chi connectivity index (χ1v) is 7.20. The van der Waals surface area contributed by atoms with Gasteiger partial charge in [-0.25, -0.2) is 0 Å². The maximum absolute atomic E-state index is 5.52. The highest BCUT2D eigenvalue weighted by atomic mass is 16.5. The van der Waals surface area contributed by atoms with Crippen LogP contribution in [0.1, 0.15) is 44.7 Å². The summed E-state index contributed by atoms with van der Waals surface area (Å²) >= 11 is 0. The van der Waals surface area contributed by atoms with Crippen LogP contribution >= 0.6 is 0 Å². The third-order valence-corrected chi connectivity index (χ3v) is 3.84. The molecule has 1 aromatic carbocycles. The number of benzene rings is 1. The Bertz CT molecular complexity index is 338. The Morgan fingerprint density at radius 3 is 2.78 bits per heavy atom. The summed E-state index contributed by atoms with van der Waals surface area (Å²) in [6.07, 6.45) is 3.55. The molecule has 2 nitrogen and oxygen atoms in total. The third-order valence-electron chi connectivity index (χ3n) is 3.84. The number of hydrogen-bond acceptors (Lipinski definition) is 2. The van der Waals surface area contributed by atoms with Crippen LogP contribution in [0.2, 0.25) is 0 Å². The van der Waals surface area contributed by atoms with Crippen molar-refractivity contribution in [3.05, 3.63) is 35.9 Å². The van der Waals surface area contributed by atoms with E-state index in [1.54, 1.807) is 0 Å². The minimum atomic E-state index is 0.488. The van der Waals surface area contributed by atoms with Crippen LogP contribution in [0.25, 0.3) is 0 Å². The minimum Gasteiger partial charge on any atom is -0.381 e. The van der Waals surface area contributed by atoms with Crippen LogP contribution < -0.4 is 5.32 Å². The predicted octanol–water partition coefficient (Wildman–Crippen LogP) is 3.54. The Balaban J connectivity index is 2.01. The molecule has 2 heteroatoms. The van der Waals surface area contributed by atoms with Gasteiger partial charge in [-0.05, 0) is 24.3 Å². The lowest BCUT2D eigenvalue weighted by Gasteiger charge is -2.33. The molecule has 1 aliphatic rings. The van der Waals surface area contributed by atoms with E-state index >= 15 is 0 Å². The Kier molecular flexibility index (Phi) is 5.21. The van der Waals surface area contributed by atoms with Gasteiger partial charge in [0.15, 0.2) is 0 Å². The standard InChI is InChI=1S/C16H25NO/c1-3-7-16(14-8-5-4-6-9-14)17-15-10-11-18-12-13(15)2/h4-6,8-9,13,15-17H,3,7,10-12H2,1-2H3. The molecule has 1 saturated heterocycles. The van der Waals surface area contributed by atoms with E-state index in [1.165, 1.54) is 18.4 Å². The van der Waals surface area contributed by atoms with Crippen molar-refractivity contribution in [2.45, 2.75) is 45.2 Å². The number of ether oxygens (including phenoxy) is 1. The molecule has 1 N–H and O–H groups in total. The van der Waals surface area contributed by atoms with Gasteiger partial charge < -0.3 is 10.1 Å². The quantitative estimate of drug-likeness (QED) is 0.859. The maximum atomic E-state index is 5.52. The van der Waals surface area contributed by atoms with Crippen molar-refractivity contribution < 1.29 is 4.74 Å². The number of rotatable bonds is 5. The first kappa shape index (κ1) is 13.6. The van der Waals surface area contributed by atoms with Crippen molar-refractivity contribution in [2.75, 3.05) is 13.2 Å². The molecule has 0 amide bonds. The summed E-state index contributed by atoms with van der Waals surface area (Å²) < 4.78 is 5.52. The molecular weight excluding hydrogens is 222 g/mol. The molecule has 0 aliphatic carbocycles. The smallest absolute Gasteiger partial charge is 0.0506 e. The molecule has 1 fully saturated rings. The van der Waals surface area contributed by atoms with Crippen LogP contribution in [-0.2, 0) is 4.74 Å². The van der Waals surface area contributed by atoms with Crippen LogP contribution in [0, 0.1) is 5.92 Å². The van der Waals surface area contributed by atoms with Gasteiger partial charge in [0.2, 0.25) is 0 Å². The van der Waals surface area contributed by atoms with Gasteiger partial charge in [-0.1, -0.05) is 50.6 Å². The van der Waals surface area contributed by atoms with Crippen molar-refractivity contribution in [2.24, 2.45) is 5.92 Å². The zero-order valence-electron chi connectivity index (χ0n) is 11.6. The minimum absolute atomic E-state index is 0.488. The molecular formula is C16H25NO. The van der Waals surface area contributed by atoms with E-state index in [2.05, 4.69) is 49.5 Å². The molecule has 1 aromatic rings. The Labute approximate surface area is 111 Å². The van der Waals surface area contributed by atoms with Gasteiger partial charge in [0.25, 0.3) is 0 Å². The van der Waals surface area contributed by atoms with E-state index in [9.17, 15) is 0 Å². The average molecular weight is 247 g/mol. The van der Waals surface area contributed by atoms with Gasteiger partial charge in [0.1, 0.15) is 0 Å². The second kappa shape index (κ2) is 6.91. The Morgan fingerprint density at radius 1 is 1.33 bits per heavy atom. The summed E-state index contributed by atoms with van der Waals surface area (Å²) in [5, 5.41) is 3.84. The number of nitrogens with one attached hydrogen (secondary N) is 1. The molecule has 0 aromatic heterocycles. The van der Waals surface area contributed by atoms with Crippen LogP contribution in [0.3, 0.4) is 0 Å². The van der Waals surface area contributed by atoms with Crippen LogP contribution in [-0.4, -0.2) is 19.3 Å². The maximum Gasteiger partial charge on any atom is 0.0506 e. The topological polar surface area (TPSA) is 21.3 Å². The molecule has 1 heterocycles. The summed E-state index contributed by atoms with van der Waals surface area (Å²) in [6, 6.07) is 11.9. The van der Waals surface area contributed by atoms with Gasteiger partial charge in [-0.2, -0.15) is 0 Å². The summed E-state index contributed by atoms with van der Waals surface area (Å²) in [5.74, 6) is 0.613. The highest BCUT2D eigenvalue weighted by Gasteiger charge is 2.24. The summed E-state index contributed by atoms with van der Waals surface area (Å²) in [5.41, 5.74) is 1.41. The van der Waals surface area contributed by atoms with Crippen molar-refractivity contribution in [1.82, 2.24) is 5.32 Å². The normalized spacial score (nSPS) is 25.9. The average Bonchev–Trinajstić information content (AvgIpc) is 2.42. The lowest BCUT2D eigenvalue weighted by molar-refractivity contribution is 0.0353. The van der Waals surface area contributed by atoms with Crippen molar-refractivity contribution in [3.63, 3.8) is 0 Å². The molecule has 0 bridgehead atoms. The fraction of sp³-hybridized carbons (Fsp3) is 0.625. The van der Waals surface area contributed by atoms with Gasteiger partial charge in [-0.3, -0.25) is 0 Å². The fourth-order valence-electron chi connectivity index (χ4n) is 2.71. The highest BCUT2D eigenvalue weighted by molar-refractivity contribution is 5.19. The van der Waals surface area contributed by atoms with E-state index < -0.39 is 0 Å². The van der Waals surface area contributed by atoms with Gasteiger partial charge in [0, 0.05) is 18.7 Å². The first-order chi connectivity index (χ1) is 8.81. The monoisotopic (exact) mass is 247 g/mol. The summed E-state index contributed by atoms with van der Waals surface area (Å²) in [6.45, 7) is 6.33. The molecule has 3 unspecified atom stereocenters. The van der Waals surface area contributed by atoms with Gasteiger partial charge >= 0.3 is 0 Å². The SMILES string of the molecule is CCCC(NC1CCOCC1C)c1ccccc1. The third kappa shape index (κ3) is 3.56.